The summed E-state index contributed by atoms with van der Waals surface area (Å²) in [6, 6.07) is 12.6. The first-order valence-corrected chi connectivity index (χ1v) is 10.5. The monoisotopic (exact) mass is 390 g/mol. The summed E-state index contributed by atoms with van der Waals surface area (Å²) in [5.41, 5.74) is 2.76. The summed E-state index contributed by atoms with van der Waals surface area (Å²) < 4.78 is 0. The van der Waals surface area contributed by atoms with E-state index in [1.807, 2.05) is 56.6 Å². The summed E-state index contributed by atoms with van der Waals surface area (Å²) in [5.74, 6) is -0.0520. The van der Waals surface area contributed by atoms with Gasteiger partial charge in [0.1, 0.15) is 0 Å². The number of fused-ring (bicyclic) bond motifs is 1. The fourth-order valence-electron chi connectivity index (χ4n) is 4.26. The lowest BCUT2D eigenvalue weighted by molar-refractivity contribution is 0.0964. The molecule has 1 fully saturated rings. The predicted octanol–water partition coefficient (Wildman–Crippen LogP) is 3.49. The van der Waals surface area contributed by atoms with Gasteiger partial charge in [0.2, 0.25) is 0 Å². The van der Waals surface area contributed by atoms with E-state index in [1.165, 1.54) is 19.3 Å². The Bertz CT molecular complexity index is 941. The van der Waals surface area contributed by atoms with Gasteiger partial charge in [-0.3, -0.25) is 4.79 Å². The number of rotatable bonds is 5. The van der Waals surface area contributed by atoms with Crippen LogP contribution in [0.3, 0.4) is 0 Å². The molecule has 1 amide bonds. The average molecular weight is 391 g/mol. The number of hydrogen-bond acceptors (Lipinski definition) is 4. The quantitative estimate of drug-likeness (QED) is 0.821. The molecule has 0 bridgehead atoms. The van der Waals surface area contributed by atoms with E-state index in [1.54, 1.807) is 0 Å². The maximum Gasteiger partial charge on any atom is 0.256 e. The topological polar surface area (TPSA) is 47.6 Å². The third-order valence-corrected chi connectivity index (χ3v) is 5.74. The van der Waals surface area contributed by atoms with Gasteiger partial charge in [-0.05, 0) is 55.3 Å². The van der Waals surface area contributed by atoms with Crippen LogP contribution in [0.25, 0.3) is 10.8 Å². The van der Waals surface area contributed by atoms with Crippen LogP contribution in [-0.2, 0) is 0 Å². The first-order valence-electron chi connectivity index (χ1n) is 10.5. The average Bonchev–Trinajstić information content (AvgIpc) is 2.73. The molecule has 2 aromatic rings. The van der Waals surface area contributed by atoms with E-state index in [0.29, 0.717) is 11.6 Å². The lowest BCUT2D eigenvalue weighted by Crippen LogP contribution is -2.44. The van der Waals surface area contributed by atoms with Gasteiger partial charge in [0.15, 0.2) is 0 Å². The van der Waals surface area contributed by atoms with Gasteiger partial charge in [0.05, 0.1) is 6.54 Å². The summed E-state index contributed by atoms with van der Waals surface area (Å²) in [7, 11) is 4.05. The minimum absolute atomic E-state index is 0.0520. The first-order chi connectivity index (χ1) is 14.1. The van der Waals surface area contributed by atoms with Crippen molar-refractivity contribution in [3.05, 3.63) is 66.0 Å². The zero-order valence-electron chi connectivity index (χ0n) is 17.3. The smallest absolute Gasteiger partial charge is 0.256 e. The molecule has 0 radical (unpaired) electrons. The van der Waals surface area contributed by atoms with Crippen molar-refractivity contribution < 1.29 is 4.79 Å². The highest BCUT2D eigenvalue weighted by Gasteiger charge is 2.19. The van der Waals surface area contributed by atoms with Gasteiger partial charge in [-0.15, -0.1) is 0 Å². The van der Waals surface area contributed by atoms with E-state index in [2.05, 4.69) is 32.7 Å². The van der Waals surface area contributed by atoms with Gasteiger partial charge < -0.3 is 20.4 Å². The summed E-state index contributed by atoms with van der Waals surface area (Å²) in [6.45, 7) is 2.82. The lowest BCUT2D eigenvalue weighted by atomic mass is 10.0. The van der Waals surface area contributed by atoms with Gasteiger partial charge in [0.25, 0.3) is 5.91 Å². The highest BCUT2D eigenvalue weighted by molar-refractivity contribution is 6.10. The van der Waals surface area contributed by atoms with Crippen LogP contribution >= 0.6 is 0 Å². The zero-order valence-corrected chi connectivity index (χ0v) is 17.3. The molecule has 2 aromatic carbocycles. The van der Waals surface area contributed by atoms with Crippen LogP contribution in [0.15, 0.2) is 60.4 Å². The lowest BCUT2D eigenvalue weighted by Gasteiger charge is -2.31. The molecule has 0 spiro atoms. The van der Waals surface area contributed by atoms with E-state index in [0.717, 1.165) is 41.8 Å². The molecule has 0 saturated carbocycles. The first kappa shape index (κ1) is 19.5. The van der Waals surface area contributed by atoms with Crippen molar-refractivity contribution in [1.82, 2.24) is 15.5 Å². The number of carbonyl (C=O) groups excluding carboxylic acids is 1. The molecular weight excluding hydrogens is 360 g/mol. The normalized spacial score (nSPS) is 19.2. The summed E-state index contributed by atoms with van der Waals surface area (Å²) in [5, 5.41) is 8.80. The van der Waals surface area contributed by atoms with E-state index >= 15 is 0 Å². The number of anilines is 1. The van der Waals surface area contributed by atoms with E-state index in [-0.39, 0.29) is 5.91 Å². The summed E-state index contributed by atoms with van der Waals surface area (Å²) >= 11 is 0. The largest absolute Gasteiger partial charge is 0.377 e. The molecular formula is C24H30N4O. The highest BCUT2D eigenvalue weighted by atomic mass is 16.1. The molecule has 5 nitrogen and oxygen atoms in total. The second-order valence-electron chi connectivity index (χ2n) is 8.14. The Labute approximate surface area is 173 Å². The van der Waals surface area contributed by atoms with Crippen molar-refractivity contribution in [2.45, 2.75) is 25.3 Å². The van der Waals surface area contributed by atoms with Gasteiger partial charge in [-0.2, -0.15) is 0 Å². The van der Waals surface area contributed by atoms with Crippen molar-refractivity contribution in [1.29, 1.82) is 0 Å². The second-order valence-corrected chi connectivity index (χ2v) is 8.14. The van der Waals surface area contributed by atoms with Crippen molar-refractivity contribution in [2.75, 3.05) is 38.6 Å². The molecule has 152 valence electrons. The minimum atomic E-state index is -0.0520. The third-order valence-electron chi connectivity index (χ3n) is 5.74. The molecule has 2 heterocycles. The molecule has 1 saturated heterocycles. The SMILES string of the molecule is CN(C)c1ccc(C(=O)NC2=CC=CN(CC3CCCCN3)C2)c2ccccc12. The predicted molar refractivity (Wildman–Crippen MR) is 120 cm³/mol. The van der Waals surface area contributed by atoms with E-state index in [4.69, 9.17) is 0 Å². The fourth-order valence-corrected chi connectivity index (χ4v) is 4.26. The number of benzene rings is 2. The van der Waals surface area contributed by atoms with Crippen LogP contribution in [-0.4, -0.2) is 50.6 Å². The minimum Gasteiger partial charge on any atom is -0.377 e. The Hall–Kier alpha value is -2.79. The van der Waals surface area contributed by atoms with Gasteiger partial charge in [-0.1, -0.05) is 30.7 Å². The molecule has 5 heteroatoms. The third kappa shape index (κ3) is 4.46. The number of amides is 1. The Kier molecular flexibility index (Phi) is 5.86. The van der Waals surface area contributed by atoms with Gasteiger partial charge in [0, 0.05) is 49.0 Å². The molecule has 2 aliphatic heterocycles. The van der Waals surface area contributed by atoms with Crippen LogP contribution in [0, 0.1) is 0 Å². The van der Waals surface area contributed by atoms with Crippen LogP contribution in [0.5, 0.6) is 0 Å². The number of carbonyl (C=O) groups is 1. The van der Waals surface area contributed by atoms with Crippen LogP contribution in [0.4, 0.5) is 5.69 Å². The number of nitrogens with one attached hydrogen (secondary N) is 2. The standard InChI is InChI=1S/C24H30N4O/c1-27(2)23-13-12-22(20-10-3-4-11-21(20)23)24(29)26-19-9-7-15-28(17-19)16-18-8-5-6-14-25-18/h3-4,7,9-13,15,18,25H,5-6,8,14,16-17H2,1-2H3,(H,26,29). The van der Waals surface area contributed by atoms with Crippen molar-refractivity contribution in [2.24, 2.45) is 0 Å². The molecule has 1 atom stereocenters. The second kappa shape index (κ2) is 8.70. The molecule has 2 aliphatic rings. The molecule has 4 rings (SSSR count). The molecule has 1 unspecified atom stereocenters. The molecule has 29 heavy (non-hydrogen) atoms. The molecule has 0 aromatic heterocycles. The Morgan fingerprint density at radius 2 is 2.00 bits per heavy atom. The molecule has 0 aliphatic carbocycles. The zero-order chi connectivity index (χ0) is 20.2. The maximum absolute atomic E-state index is 13.1. The van der Waals surface area contributed by atoms with Crippen LogP contribution in [0.2, 0.25) is 0 Å². The van der Waals surface area contributed by atoms with E-state index in [9.17, 15) is 4.79 Å². The number of nitrogens with zero attached hydrogens (tertiary/aromatic N) is 2. The number of allylic oxidation sites excluding steroid dienone is 2. The van der Waals surface area contributed by atoms with Crippen molar-refractivity contribution in [3.63, 3.8) is 0 Å². The van der Waals surface area contributed by atoms with Gasteiger partial charge in [-0.25, -0.2) is 0 Å². The Balaban J connectivity index is 1.47. The van der Waals surface area contributed by atoms with Gasteiger partial charge >= 0.3 is 0 Å². The molecule has 2 N–H and O–H groups in total. The summed E-state index contributed by atoms with van der Waals surface area (Å²) in [6.07, 6.45) is 9.93. The number of piperidine rings is 1. The van der Waals surface area contributed by atoms with Crippen LogP contribution < -0.4 is 15.5 Å². The summed E-state index contributed by atoms with van der Waals surface area (Å²) in [4.78, 5) is 17.4. The van der Waals surface area contributed by atoms with Crippen molar-refractivity contribution in [3.8, 4) is 0 Å². The van der Waals surface area contributed by atoms with Crippen molar-refractivity contribution >= 4 is 22.4 Å². The Morgan fingerprint density at radius 3 is 2.76 bits per heavy atom. The van der Waals surface area contributed by atoms with Crippen LogP contribution in [0.1, 0.15) is 29.6 Å². The van der Waals surface area contributed by atoms with E-state index < -0.39 is 0 Å². The maximum atomic E-state index is 13.1. The fraction of sp³-hybridized carbons (Fsp3) is 0.375. The Morgan fingerprint density at radius 1 is 1.17 bits per heavy atom. The highest BCUT2D eigenvalue weighted by Crippen LogP contribution is 2.28. The number of hydrogen-bond donors (Lipinski definition) is 2.